The summed E-state index contributed by atoms with van der Waals surface area (Å²) in [5.74, 6) is -2.33. The Labute approximate surface area is 131 Å². The number of carbonyl (C=O) groups excluding carboxylic acids is 2. The first-order valence-electron chi connectivity index (χ1n) is 6.91. The fourth-order valence-electron chi connectivity index (χ4n) is 1.84. The minimum Gasteiger partial charge on any atom is -0.466 e. The van der Waals surface area contributed by atoms with Gasteiger partial charge in [0.2, 0.25) is 0 Å². The van der Waals surface area contributed by atoms with Crippen LogP contribution in [-0.2, 0) is 9.53 Å². The van der Waals surface area contributed by atoms with Gasteiger partial charge in [0.1, 0.15) is 18.0 Å². The third kappa shape index (κ3) is 4.60. The molecule has 0 aliphatic carbocycles. The van der Waals surface area contributed by atoms with Gasteiger partial charge < -0.3 is 9.47 Å². The Balaban J connectivity index is 2.06. The van der Waals surface area contributed by atoms with Gasteiger partial charge in [0, 0.05) is 11.6 Å². The van der Waals surface area contributed by atoms with Gasteiger partial charge in [0.05, 0.1) is 6.61 Å². The Morgan fingerprint density at radius 3 is 2.39 bits per heavy atom. The smallest absolute Gasteiger partial charge is 0.313 e. The van der Waals surface area contributed by atoms with Crippen molar-refractivity contribution >= 4 is 11.8 Å². The highest BCUT2D eigenvalue weighted by Crippen LogP contribution is 2.25. The Morgan fingerprint density at radius 2 is 1.74 bits per heavy atom. The van der Waals surface area contributed by atoms with E-state index in [4.69, 9.17) is 9.47 Å². The summed E-state index contributed by atoms with van der Waals surface area (Å²) in [6, 6.07) is 8.62. The Hall–Kier alpha value is -2.76. The summed E-state index contributed by atoms with van der Waals surface area (Å²) in [4.78, 5) is 23.1. The second-order valence-corrected chi connectivity index (χ2v) is 4.61. The van der Waals surface area contributed by atoms with Crippen molar-refractivity contribution in [1.29, 1.82) is 0 Å². The molecule has 2 aromatic carbocycles. The first-order chi connectivity index (χ1) is 11.0. The Morgan fingerprint density at radius 1 is 1.04 bits per heavy atom. The van der Waals surface area contributed by atoms with Crippen LogP contribution in [0.4, 0.5) is 8.78 Å². The van der Waals surface area contributed by atoms with E-state index in [0.29, 0.717) is 5.56 Å². The molecule has 0 fully saturated rings. The molecule has 0 atom stereocenters. The van der Waals surface area contributed by atoms with Gasteiger partial charge in [-0.1, -0.05) is 0 Å². The van der Waals surface area contributed by atoms with E-state index in [9.17, 15) is 18.4 Å². The van der Waals surface area contributed by atoms with Crippen LogP contribution in [0, 0.1) is 11.6 Å². The zero-order valence-electron chi connectivity index (χ0n) is 12.3. The van der Waals surface area contributed by atoms with Crippen LogP contribution in [0.5, 0.6) is 11.5 Å². The summed E-state index contributed by atoms with van der Waals surface area (Å²) in [5, 5.41) is 0. The number of esters is 1. The van der Waals surface area contributed by atoms with Gasteiger partial charge in [-0.2, -0.15) is 0 Å². The molecule has 0 unspecified atom stereocenters. The average molecular weight is 320 g/mol. The van der Waals surface area contributed by atoms with E-state index in [-0.39, 0.29) is 24.5 Å². The lowest BCUT2D eigenvalue weighted by Gasteiger charge is -2.07. The van der Waals surface area contributed by atoms with Crippen molar-refractivity contribution in [1.82, 2.24) is 0 Å². The van der Waals surface area contributed by atoms with E-state index in [1.807, 2.05) is 0 Å². The molecule has 0 saturated carbocycles. The summed E-state index contributed by atoms with van der Waals surface area (Å²) in [6.07, 6.45) is -0.355. The largest absolute Gasteiger partial charge is 0.466 e. The molecule has 23 heavy (non-hydrogen) atoms. The standard InChI is InChI=1S/C17H14F2O4/c1-2-22-17(21)10-15(20)11-3-6-13(7-4-11)23-16-9-12(18)5-8-14(16)19/h3-9H,2,10H2,1H3. The second-order valence-electron chi connectivity index (χ2n) is 4.61. The lowest BCUT2D eigenvalue weighted by atomic mass is 10.1. The maximum absolute atomic E-state index is 13.5. The summed E-state index contributed by atoms with van der Waals surface area (Å²) in [6.45, 7) is 1.86. The molecule has 0 aliphatic heterocycles. The number of ether oxygens (including phenoxy) is 2. The van der Waals surface area contributed by atoms with Gasteiger partial charge in [-0.3, -0.25) is 9.59 Å². The minimum atomic E-state index is -0.700. The number of ketones is 1. The molecule has 120 valence electrons. The van der Waals surface area contributed by atoms with E-state index >= 15 is 0 Å². The van der Waals surface area contributed by atoms with Crippen molar-refractivity contribution in [3.63, 3.8) is 0 Å². The van der Waals surface area contributed by atoms with Crippen LogP contribution in [0.15, 0.2) is 42.5 Å². The lowest BCUT2D eigenvalue weighted by Crippen LogP contribution is -2.11. The zero-order valence-corrected chi connectivity index (χ0v) is 12.3. The van der Waals surface area contributed by atoms with Gasteiger partial charge in [-0.15, -0.1) is 0 Å². The first kappa shape index (κ1) is 16.6. The molecule has 4 nitrogen and oxygen atoms in total. The molecule has 0 spiro atoms. The molecular weight excluding hydrogens is 306 g/mol. The SMILES string of the molecule is CCOC(=O)CC(=O)c1ccc(Oc2cc(F)ccc2F)cc1. The normalized spacial score (nSPS) is 10.2. The van der Waals surface area contributed by atoms with Crippen LogP contribution >= 0.6 is 0 Å². The van der Waals surface area contributed by atoms with E-state index < -0.39 is 23.4 Å². The Kier molecular flexibility index (Phi) is 5.41. The molecule has 2 aromatic rings. The highest BCUT2D eigenvalue weighted by atomic mass is 19.1. The van der Waals surface area contributed by atoms with Crippen LogP contribution in [0.25, 0.3) is 0 Å². The second kappa shape index (κ2) is 7.49. The van der Waals surface area contributed by atoms with Crippen molar-refractivity contribution in [3.05, 3.63) is 59.7 Å². The third-order valence-electron chi connectivity index (χ3n) is 2.91. The van der Waals surface area contributed by atoms with Crippen LogP contribution < -0.4 is 4.74 Å². The fraction of sp³-hybridized carbons (Fsp3) is 0.176. The highest BCUT2D eigenvalue weighted by molar-refractivity contribution is 6.05. The van der Waals surface area contributed by atoms with E-state index in [0.717, 1.165) is 18.2 Å². The highest BCUT2D eigenvalue weighted by Gasteiger charge is 2.13. The summed E-state index contributed by atoms with van der Waals surface area (Å²) < 4.78 is 36.5. The van der Waals surface area contributed by atoms with Gasteiger partial charge in [0.25, 0.3) is 0 Å². The monoisotopic (exact) mass is 320 g/mol. The zero-order chi connectivity index (χ0) is 16.8. The van der Waals surface area contributed by atoms with E-state index in [2.05, 4.69) is 0 Å². The van der Waals surface area contributed by atoms with Crippen molar-refractivity contribution in [2.75, 3.05) is 6.61 Å². The lowest BCUT2D eigenvalue weighted by molar-refractivity contribution is -0.141. The molecule has 0 amide bonds. The molecule has 0 aliphatic rings. The van der Waals surface area contributed by atoms with Crippen molar-refractivity contribution in [3.8, 4) is 11.5 Å². The quantitative estimate of drug-likeness (QED) is 0.460. The molecule has 0 saturated heterocycles. The molecule has 0 radical (unpaired) electrons. The number of rotatable bonds is 6. The van der Waals surface area contributed by atoms with Crippen molar-refractivity contribution < 1.29 is 27.8 Å². The molecule has 2 rings (SSSR count). The number of Topliss-reactive ketones (excluding diaryl/α,β-unsaturated/α-hetero) is 1. The molecule has 0 heterocycles. The molecular formula is C17H14F2O4. The molecule has 0 aromatic heterocycles. The topological polar surface area (TPSA) is 52.6 Å². The number of hydrogen-bond donors (Lipinski definition) is 0. The Bertz CT molecular complexity index is 711. The van der Waals surface area contributed by atoms with Gasteiger partial charge in [-0.25, -0.2) is 8.78 Å². The molecule has 0 bridgehead atoms. The summed E-state index contributed by atoms with van der Waals surface area (Å²) in [5.41, 5.74) is 0.296. The predicted molar refractivity (Wildman–Crippen MR) is 78.5 cm³/mol. The summed E-state index contributed by atoms with van der Waals surface area (Å²) >= 11 is 0. The fourth-order valence-corrected chi connectivity index (χ4v) is 1.84. The van der Waals surface area contributed by atoms with Crippen LogP contribution in [0.3, 0.4) is 0 Å². The number of hydrogen-bond acceptors (Lipinski definition) is 4. The molecule has 0 N–H and O–H groups in total. The van der Waals surface area contributed by atoms with Crippen LogP contribution in [0.2, 0.25) is 0 Å². The van der Waals surface area contributed by atoms with Crippen molar-refractivity contribution in [2.45, 2.75) is 13.3 Å². The average Bonchev–Trinajstić information content (AvgIpc) is 2.52. The van der Waals surface area contributed by atoms with E-state index in [1.165, 1.54) is 24.3 Å². The number of carbonyl (C=O) groups is 2. The predicted octanol–water partition coefficient (Wildman–Crippen LogP) is 3.89. The number of halogens is 2. The maximum Gasteiger partial charge on any atom is 0.313 e. The minimum absolute atomic E-state index is 0.206. The summed E-state index contributed by atoms with van der Waals surface area (Å²) in [7, 11) is 0. The maximum atomic E-state index is 13.5. The number of benzene rings is 2. The van der Waals surface area contributed by atoms with Crippen LogP contribution in [0.1, 0.15) is 23.7 Å². The molecule has 6 heteroatoms. The van der Waals surface area contributed by atoms with Gasteiger partial charge in [0.15, 0.2) is 17.3 Å². The van der Waals surface area contributed by atoms with E-state index in [1.54, 1.807) is 6.92 Å². The van der Waals surface area contributed by atoms with Gasteiger partial charge >= 0.3 is 5.97 Å². The van der Waals surface area contributed by atoms with Gasteiger partial charge in [-0.05, 0) is 43.3 Å². The first-order valence-corrected chi connectivity index (χ1v) is 6.91. The van der Waals surface area contributed by atoms with Crippen molar-refractivity contribution in [2.24, 2.45) is 0 Å². The third-order valence-corrected chi connectivity index (χ3v) is 2.91. The van der Waals surface area contributed by atoms with Crippen LogP contribution in [-0.4, -0.2) is 18.4 Å².